The SMILES string of the molecule is CC(OC(=O)c1ccccc1C(=O)c1ccc(Cl)cc1)C(=O)Nc1cc(C(F)(F)F)ccc1Cl. The van der Waals surface area contributed by atoms with Gasteiger partial charge >= 0.3 is 12.1 Å². The zero-order valence-electron chi connectivity index (χ0n) is 17.5. The third-order valence-corrected chi connectivity index (χ3v) is 5.28. The van der Waals surface area contributed by atoms with Gasteiger partial charge in [-0.3, -0.25) is 9.59 Å². The molecule has 0 aromatic heterocycles. The molecule has 10 heteroatoms. The average molecular weight is 510 g/mol. The number of carbonyl (C=O) groups is 3. The van der Waals surface area contributed by atoms with Crippen molar-refractivity contribution in [1.29, 1.82) is 0 Å². The van der Waals surface area contributed by atoms with Crippen molar-refractivity contribution in [3.63, 3.8) is 0 Å². The Morgan fingerprint density at radius 3 is 2.15 bits per heavy atom. The molecule has 0 aliphatic carbocycles. The summed E-state index contributed by atoms with van der Waals surface area (Å²) in [6.45, 7) is 1.23. The van der Waals surface area contributed by atoms with E-state index in [1.807, 2.05) is 0 Å². The van der Waals surface area contributed by atoms with Crippen molar-refractivity contribution in [3.05, 3.63) is 99.0 Å². The molecule has 1 amide bonds. The first-order chi connectivity index (χ1) is 16.0. The first-order valence-corrected chi connectivity index (χ1v) is 10.5. The first kappa shape index (κ1) is 25.3. The molecule has 0 fully saturated rings. The lowest BCUT2D eigenvalue weighted by Gasteiger charge is -2.16. The Bertz CT molecular complexity index is 1240. The molecule has 0 heterocycles. The highest BCUT2D eigenvalue weighted by Crippen LogP contribution is 2.34. The van der Waals surface area contributed by atoms with Crippen molar-refractivity contribution in [2.45, 2.75) is 19.2 Å². The molecular formula is C24H16Cl2F3NO4. The van der Waals surface area contributed by atoms with Crippen LogP contribution in [0, 0.1) is 0 Å². The zero-order chi connectivity index (χ0) is 25.0. The number of carbonyl (C=O) groups excluding carboxylic acids is 3. The summed E-state index contributed by atoms with van der Waals surface area (Å²) < 4.78 is 44.0. The lowest BCUT2D eigenvalue weighted by atomic mass is 9.98. The van der Waals surface area contributed by atoms with Crippen LogP contribution in [-0.4, -0.2) is 23.8 Å². The molecule has 0 saturated heterocycles. The Balaban J connectivity index is 1.76. The smallest absolute Gasteiger partial charge is 0.416 e. The third kappa shape index (κ3) is 5.95. The summed E-state index contributed by atoms with van der Waals surface area (Å²) in [4.78, 5) is 38.0. The number of nitrogens with one attached hydrogen (secondary N) is 1. The number of rotatable bonds is 6. The van der Waals surface area contributed by atoms with Crippen LogP contribution in [0.25, 0.3) is 0 Å². The molecular weight excluding hydrogens is 494 g/mol. The van der Waals surface area contributed by atoms with E-state index in [0.717, 1.165) is 12.1 Å². The monoisotopic (exact) mass is 509 g/mol. The van der Waals surface area contributed by atoms with Gasteiger partial charge in [-0.1, -0.05) is 41.4 Å². The number of esters is 1. The highest BCUT2D eigenvalue weighted by molar-refractivity contribution is 6.33. The quantitative estimate of drug-likeness (QED) is 0.307. The van der Waals surface area contributed by atoms with Crippen LogP contribution in [0.15, 0.2) is 66.7 Å². The fourth-order valence-electron chi connectivity index (χ4n) is 2.93. The van der Waals surface area contributed by atoms with E-state index in [1.165, 1.54) is 49.4 Å². The molecule has 3 aromatic rings. The Morgan fingerprint density at radius 2 is 1.53 bits per heavy atom. The number of halogens is 5. The number of hydrogen-bond donors (Lipinski definition) is 1. The molecule has 0 saturated carbocycles. The van der Waals surface area contributed by atoms with Crippen LogP contribution in [0.4, 0.5) is 18.9 Å². The van der Waals surface area contributed by atoms with Crippen molar-refractivity contribution in [2.75, 3.05) is 5.32 Å². The van der Waals surface area contributed by atoms with Gasteiger partial charge in [-0.05, 0) is 55.5 Å². The zero-order valence-corrected chi connectivity index (χ0v) is 19.0. The molecule has 0 bridgehead atoms. The fourth-order valence-corrected chi connectivity index (χ4v) is 3.22. The number of hydrogen-bond acceptors (Lipinski definition) is 4. The van der Waals surface area contributed by atoms with Crippen molar-refractivity contribution in [1.82, 2.24) is 0 Å². The largest absolute Gasteiger partial charge is 0.449 e. The topological polar surface area (TPSA) is 72.5 Å². The highest BCUT2D eigenvalue weighted by Gasteiger charge is 2.31. The summed E-state index contributed by atoms with van der Waals surface area (Å²) in [5.41, 5.74) is -1.05. The van der Waals surface area contributed by atoms with Gasteiger partial charge in [0.2, 0.25) is 0 Å². The highest BCUT2D eigenvalue weighted by atomic mass is 35.5. The lowest BCUT2D eigenvalue weighted by Crippen LogP contribution is -2.30. The molecule has 0 aliphatic rings. The maximum Gasteiger partial charge on any atom is 0.416 e. The number of ketones is 1. The number of anilines is 1. The van der Waals surface area contributed by atoms with Gasteiger partial charge in [0.25, 0.3) is 5.91 Å². The van der Waals surface area contributed by atoms with E-state index in [9.17, 15) is 27.6 Å². The van der Waals surface area contributed by atoms with Crippen LogP contribution in [0.1, 0.15) is 38.8 Å². The molecule has 3 rings (SSSR count). The van der Waals surface area contributed by atoms with Gasteiger partial charge in [0.15, 0.2) is 11.9 Å². The molecule has 0 radical (unpaired) electrons. The molecule has 34 heavy (non-hydrogen) atoms. The van der Waals surface area contributed by atoms with Crippen LogP contribution in [0.3, 0.4) is 0 Å². The first-order valence-electron chi connectivity index (χ1n) is 9.75. The van der Waals surface area contributed by atoms with Crippen LogP contribution in [0.2, 0.25) is 10.0 Å². The second-order valence-electron chi connectivity index (χ2n) is 7.11. The molecule has 1 unspecified atom stereocenters. The Morgan fingerprint density at radius 1 is 0.912 bits per heavy atom. The summed E-state index contributed by atoms with van der Waals surface area (Å²) >= 11 is 11.7. The third-order valence-electron chi connectivity index (χ3n) is 4.70. The van der Waals surface area contributed by atoms with Crippen LogP contribution in [-0.2, 0) is 15.7 Å². The second-order valence-corrected chi connectivity index (χ2v) is 7.95. The molecule has 0 spiro atoms. The summed E-state index contributed by atoms with van der Waals surface area (Å²) in [5.74, 6) is -2.33. The minimum absolute atomic E-state index is 0.0448. The minimum atomic E-state index is -4.64. The number of benzene rings is 3. The molecule has 1 atom stereocenters. The molecule has 0 aliphatic heterocycles. The summed E-state index contributed by atoms with van der Waals surface area (Å²) in [5, 5.41) is 2.53. The van der Waals surface area contributed by atoms with Crippen molar-refractivity contribution < 1.29 is 32.3 Å². The molecule has 3 aromatic carbocycles. The number of ether oxygens (including phenoxy) is 1. The van der Waals surface area contributed by atoms with Gasteiger partial charge in [0.05, 0.1) is 21.8 Å². The Hall–Kier alpha value is -3.36. The maximum absolute atomic E-state index is 12.9. The van der Waals surface area contributed by atoms with E-state index in [0.29, 0.717) is 11.1 Å². The number of amides is 1. The lowest BCUT2D eigenvalue weighted by molar-refractivity contribution is -0.137. The van der Waals surface area contributed by atoms with Gasteiger partial charge in [-0.2, -0.15) is 13.2 Å². The second kappa shape index (κ2) is 10.3. The van der Waals surface area contributed by atoms with Crippen molar-refractivity contribution >= 4 is 46.5 Å². The summed E-state index contributed by atoms with van der Waals surface area (Å²) in [6.07, 6.45) is -6.04. The van der Waals surface area contributed by atoms with Gasteiger partial charge in [0.1, 0.15) is 0 Å². The van der Waals surface area contributed by atoms with Crippen LogP contribution in [0.5, 0.6) is 0 Å². The van der Waals surface area contributed by atoms with Gasteiger partial charge in [0, 0.05) is 16.1 Å². The number of alkyl halides is 3. The molecule has 1 N–H and O–H groups in total. The van der Waals surface area contributed by atoms with E-state index >= 15 is 0 Å². The van der Waals surface area contributed by atoms with E-state index < -0.39 is 35.5 Å². The summed E-state index contributed by atoms with van der Waals surface area (Å²) in [7, 11) is 0. The average Bonchev–Trinajstić information content (AvgIpc) is 2.79. The predicted molar refractivity (Wildman–Crippen MR) is 121 cm³/mol. The summed E-state index contributed by atoms with van der Waals surface area (Å²) in [6, 6.07) is 14.4. The van der Waals surface area contributed by atoms with Crippen molar-refractivity contribution in [3.8, 4) is 0 Å². The fraction of sp³-hybridized carbons (Fsp3) is 0.125. The molecule has 5 nitrogen and oxygen atoms in total. The van der Waals surface area contributed by atoms with E-state index in [4.69, 9.17) is 27.9 Å². The maximum atomic E-state index is 12.9. The van der Waals surface area contributed by atoms with Gasteiger partial charge in [-0.15, -0.1) is 0 Å². The minimum Gasteiger partial charge on any atom is -0.449 e. The van der Waals surface area contributed by atoms with E-state index in [1.54, 1.807) is 6.07 Å². The van der Waals surface area contributed by atoms with Gasteiger partial charge < -0.3 is 10.1 Å². The van der Waals surface area contributed by atoms with E-state index in [2.05, 4.69) is 5.32 Å². The van der Waals surface area contributed by atoms with E-state index in [-0.39, 0.29) is 27.4 Å². The van der Waals surface area contributed by atoms with Crippen LogP contribution >= 0.6 is 23.2 Å². The van der Waals surface area contributed by atoms with Gasteiger partial charge in [-0.25, -0.2) is 4.79 Å². The Labute approximate surface area is 202 Å². The Kier molecular flexibility index (Phi) is 7.64. The predicted octanol–water partition coefficient (Wildman–Crippen LogP) is 6.43. The standard InChI is InChI=1S/C24H16Cl2F3NO4/c1-13(22(32)30-20-12-15(24(27,28)29)8-11-19(20)26)34-23(33)18-5-3-2-4-17(18)21(31)14-6-9-16(25)10-7-14/h2-13H,1H3,(H,30,32). The normalized spacial score (nSPS) is 12.1. The van der Waals surface area contributed by atoms with Crippen LogP contribution < -0.4 is 5.32 Å². The van der Waals surface area contributed by atoms with Crippen molar-refractivity contribution in [2.24, 2.45) is 0 Å². The molecule has 176 valence electrons.